The Morgan fingerprint density at radius 3 is 2.41 bits per heavy atom. The molecule has 1 aromatic heterocycles. The van der Waals surface area contributed by atoms with Gasteiger partial charge >= 0.3 is 16.3 Å². The van der Waals surface area contributed by atoms with Gasteiger partial charge in [-0.15, -0.1) is 11.8 Å². The first-order valence-corrected chi connectivity index (χ1v) is 10.7. The smallest absolute Gasteiger partial charge is 0.437 e. The van der Waals surface area contributed by atoms with E-state index in [2.05, 4.69) is 9.44 Å². The van der Waals surface area contributed by atoms with Crippen molar-refractivity contribution in [2.45, 2.75) is 31.3 Å². The van der Waals surface area contributed by atoms with E-state index in [-0.39, 0.29) is 23.5 Å². The first kappa shape index (κ1) is 21.4. The molecule has 5 nitrogen and oxygen atoms in total. The van der Waals surface area contributed by atoms with Gasteiger partial charge in [0.25, 0.3) is 0 Å². The molecular weight excluding hydrogens is 403 g/mol. The molecule has 10 heteroatoms. The van der Waals surface area contributed by atoms with Crippen LogP contribution in [0, 0.1) is 6.92 Å². The van der Waals surface area contributed by atoms with Gasteiger partial charge in [-0.1, -0.05) is 24.2 Å². The number of benzene rings is 1. The normalized spacial score (nSPS) is 13.0. The Labute approximate surface area is 159 Å². The second kappa shape index (κ2) is 8.39. The van der Waals surface area contributed by atoms with E-state index in [4.69, 9.17) is 4.42 Å². The fraction of sp³-hybridized carbons (Fsp3) is 0.353. The number of furan rings is 1. The minimum absolute atomic E-state index is 0.0623. The highest BCUT2D eigenvalue weighted by molar-refractivity contribution is 7.98. The van der Waals surface area contributed by atoms with Gasteiger partial charge in [0.2, 0.25) is 0 Å². The molecule has 2 rings (SSSR count). The van der Waals surface area contributed by atoms with Crippen LogP contribution in [0.2, 0.25) is 0 Å². The van der Waals surface area contributed by atoms with Crippen LogP contribution in [-0.2, 0) is 14.4 Å². The monoisotopic (exact) mass is 421 g/mol. The SMILES string of the molecule is CCCS(=O)(=O)O/N=C(\c1cc(C)oc1-c1ccc(SC)cc1)C(F)(F)F. The molecule has 0 N–H and O–H groups in total. The molecule has 2 aromatic rings. The zero-order valence-corrected chi connectivity index (χ0v) is 16.5. The van der Waals surface area contributed by atoms with Crippen LogP contribution >= 0.6 is 11.8 Å². The fourth-order valence-corrected chi connectivity index (χ4v) is 3.45. The largest absolute Gasteiger partial charge is 0.461 e. The molecule has 0 fully saturated rings. The predicted molar refractivity (Wildman–Crippen MR) is 98.4 cm³/mol. The highest BCUT2D eigenvalue weighted by Gasteiger charge is 2.41. The summed E-state index contributed by atoms with van der Waals surface area (Å²) in [5.41, 5.74) is -1.45. The molecule has 0 aliphatic heterocycles. The number of aryl methyl sites for hydroxylation is 1. The summed E-state index contributed by atoms with van der Waals surface area (Å²) >= 11 is 1.49. The molecule has 0 unspecified atom stereocenters. The second-order valence-electron chi connectivity index (χ2n) is 5.60. The summed E-state index contributed by atoms with van der Waals surface area (Å²) in [6.45, 7) is 3.05. The average Bonchev–Trinajstić information content (AvgIpc) is 2.95. The highest BCUT2D eigenvalue weighted by Crippen LogP contribution is 2.34. The fourth-order valence-electron chi connectivity index (χ4n) is 2.28. The van der Waals surface area contributed by atoms with Crippen molar-refractivity contribution in [3.8, 4) is 11.3 Å². The van der Waals surface area contributed by atoms with Crippen molar-refractivity contribution in [1.29, 1.82) is 0 Å². The van der Waals surface area contributed by atoms with Crippen LogP contribution in [0.25, 0.3) is 11.3 Å². The molecule has 0 aliphatic carbocycles. The van der Waals surface area contributed by atoms with Crippen molar-refractivity contribution in [3.05, 3.63) is 41.7 Å². The van der Waals surface area contributed by atoms with Crippen molar-refractivity contribution in [2.75, 3.05) is 12.0 Å². The van der Waals surface area contributed by atoms with Crippen molar-refractivity contribution >= 4 is 27.6 Å². The first-order chi connectivity index (χ1) is 12.6. The summed E-state index contributed by atoms with van der Waals surface area (Å²) in [6, 6.07) is 7.88. The van der Waals surface area contributed by atoms with Crippen LogP contribution in [0.15, 0.2) is 44.8 Å². The lowest BCUT2D eigenvalue weighted by Gasteiger charge is -2.10. The lowest BCUT2D eigenvalue weighted by atomic mass is 10.0. The third kappa shape index (κ3) is 5.52. The summed E-state index contributed by atoms with van der Waals surface area (Å²) < 4.78 is 73.5. The lowest BCUT2D eigenvalue weighted by molar-refractivity contribution is -0.0596. The Morgan fingerprint density at radius 2 is 1.89 bits per heavy atom. The summed E-state index contributed by atoms with van der Waals surface area (Å²) in [5, 5.41) is 2.93. The van der Waals surface area contributed by atoms with Gasteiger partial charge in [-0.3, -0.25) is 4.28 Å². The Balaban J connectivity index is 2.54. The molecular formula is C17H18F3NO4S2. The molecule has 0 amide bonds. The summed E-state index contributed by atoms with van der Waals surface area (Å²) in [5.74, 6) is -0.273. The van der Waals surface area contributed by atoms with E-state index in [9.17, 15) is 21.6 Å². The van der Waals surface area contributed by atoms with E-state index < -0.39 is 27.8 Å². The molecule has 0 saturated heterocycles. The summed E-state index contributed by atoms with van der Waals surface area (Å²) in [7, 11) is -4.20. The van der Waals surface area contributed by atoms with Crippen LogP contribution in [-0.4, -0.2) is 32.3 Å². The molecule has 1 aromatic carbocycles. The number of hydrogen-bond donors (Lipinski definition) is 0. The summed E-state index contributed by atoms with van der Waals surface area (Å²) in [4.78, 5) is 0.933. The average molecular weight is 421 g/mol. The van der Waals surface area contributed by atoms with Gasteiger partial charge in [0.05, 0.1) is 11.3 Å². The lowest BCUT2D eigenvalue weighted by Crippen LogP contribution is -2.25. The van der Waals surface area contributed by atoms with Crippen LogP contribution in [0.4, 0.5) is 13.2 Å². The molecule has 27 heavy (non-hydrogen) atoms. The standard InChI is InChI=1S/C17H18F3NO4S2/c1-4-9-27(22,23)25-21-16(17(18,19)20)14-10-11(2)24-15(14)12-5-7-13(26-3)8-6-12/h5-8,10H,4,9H2,1-3H3/b21-16+. The Hall–Kier alpha value is -1.94. The van der Waals surface area contributed by atoms with Crippen LogP contribution < -0.4 is 0 Å². The third-order valence-corrected chi connectivity index (χ3v) is 5.38. The Kier molecular flexibility index (Phi) is 6.63. The van der Waals surface area contributed by atoms with Crippen molar-refractivity contribution in [2.24, 2.45) is 5.16 Å². The number of halogens is 3. The van der Waals surface area contributed by atoms with E-state index in [1.165, 1.54) is 18.7 Å². The quantitative estimate of drug-likeness (QED) is 0.358. The molecule has 0 saturated carbocycles. The van der Waals surface area contributed by atoms with Gasteiger partial charge in [-0.25, -0.2) is 0 Å². The molecule has 1 heterocycles. The number of hydrogen-bond acceptors (Lipinski definition) is 6. The maximum atomic E-state index is 13.5. The predicted octanol–water partition coefficient (Wildman–Crippen LogP) is 5.00. The van der Waals surface area contributed by atoms with Gasteiger partial charge in [-0.2, -0.15) is 21.6 Å². The molecule has 0 bridgehead atoms. The molecule has 148 valence electrons. The first-order valence-electron chi connectivity index (χ1n) is 7.89. The van der Waals surface area contributed by atoms with Gasteiger partial charge in [0.1, 0.15) is 11.5 Å². The van der Waals surface area contributed by atoms with Crippen molar-refractivity contribution in [3.63, 3.8) is 0 Å². The number of alkyl halides is 3. The van der Waals surface area contributed by atoms with Gasteiger partial charge in [-0.05, 0) is 37.8 Å². The number of oxime groups is 1. The minimum Gasteiger partial charge on any atom is -0.461 e. The van der Waals surface area contributed by atoms with Crippen LogP contribution in [0.3, 0.4) is 0 Å². The van der Waals surface area contributed by atoms with Gasteiger partial charge in [0, 0.05) is 10.5 Å². The maximum Gasteiger partial charge on any atom is 0.437 e. The molecule has 0 spiro atoms. The minimum atomic E-state index is -4.94. The maximum absolute atomic E-state index is 13.5. The van der Waals surface area contributed by atoms with E-state index in [1.807, 2.05) is 6.26 Å². The second-order valence-corrected chi connectivity index (χ2v) is 8.15. The number of nitrogens with zero attached hydrogens (tertiary/aromatic N) is 1. The topological polar surface area (TPSA) is 68.9 Å². The highest BCUT2D eigenvalue weighted by atomic mass is 32.2. The van der Waals surface area contributed by atoms with Gasteiger partial charge < -0.3 is 4.42 Å². The summed E-state index contributed by atoms with van der Waals surface area (Å²) in [6.07, 6.45) is -2.87. The van der Waals surface area contributed by atoms with Crippen molar-refractivity contribution in [1.82, 2.24) is 0 Å². The Bertz CT molecular complexity index is 917. The molecule has 0 aliphatic rings. The third-order valence-electron chi connectivity index (χ3n) is 3.43. The Morgan fingerprint density at radius 1 is 1.26 bits per heavy atom. The van der Waals surface area contributed by atoms with E-state index >= 15 is 0 Å². The van der Waals surface area contributed by atoms with Crippen molar-refractivity contribution < 1.29 is 30.3 Å². The number of rotatable bonds is 7. The number of thioether (sulfide) groups is 1. The van der Waals surface area contributed by atoms with E-state index in [0.717, 1.165) is 11.0 Å². The van der Waals surface area contributed by atoms with Gasteiger partial charge in [0.15, 0.2) is 5.71 Å². The zero-order valence-electron chi connectivity index (χ0n) is 14.8. The molecule has 0 radical (unpaired) electrons. The molecule has 0 atom stereocenters. The van der Waals surface area contributed by atoms with Crippen LogP contribution in [0.1, 0.15) is 24.7 Å². The van der Waals surface area contributed by atoms with E-state index in [0.29, 0.717) is 5.56 Å². The van der Waals surface area contributed by atoms with E-state index in [1.54, 1.807) is 31.2 Å². The zero-order chi connectivity index (χ0) is 20.2. The van der Waals surface area contributed by atoms with Crippen LogP contribution in [0.5, 0.6) is 0 Å².